The van der Waals surface area contributed by atoms with E-state index in [9.17, 15) is 4.39 Å². The summed E-state index contributed by atoms with van der Waals surface area (Å²) in [5, 5.41) is 3.23. The predicted octanol–water partition coefficient (Wildman–Crippen LogP) is 1.49. The normalized spacial score (nSPS) is 48.0. The van der Waals surface area contributed by atoms with Crippen molar-refractivity contribution in [3.05, 3.63) is 0 Å². The highest BCUT2D eigenvalue weighted by Gasteiger charge is 2.42. The van der Waals surface area contributed by atoms with Crippen molar-refractivity contribution in [3.8, 4) is 0 Å². The quantitative estimate of drug-likeness (QED) is 0.586. The third-order valence-corrected chi connectivity index (χ3v) is 2.57. The minimum absolute atomic E-state index is 0.495. The third kappa shape index (κ3) is 1.17. The second kappa shape index (κ2) is 1.94. The standard InChI is InChI=1S/C8H14FN/c1-8(9)4-7(10-5-8)6-2-3-6/h6-7,10H,2-5H2,1H3. The zero-order valence-electron chi connectivity index (χ0n) is 6.36. The lowest BCUT2D eigenvalue weighted by Gasteiger charge is -2.10. The van der Waals surface area contributed by atoms with Gasteiger partial charge in [-0.2, -0.15) is 0 Å². The molecule has 1 saturated carbocycles. The summed E-state index contributed by atoms with van der Waals surface area (Å²) in [6, 6.07) is 0.495. The molecule has 0 radical (unpaired) electrons. The van der Waals surface area contributed by atoms with Gasteiger partial charge >= 0.3 is 0 Å². The SMILES string of the molecule is CC1(F)CNC(C2CC2)C1. The second-order valence-electron chi connectivity index (χ2n) is 3.94. The van der Waals surface area contributed by atoms with Crippen LogP contribution in [-0.2, 0) is 0 Å². The van der Waals surface area contributed by atoms with E-state index in [1.165, 1.54) is 12.8 Å². The maximum Gasteiger partial charge on any atom is 0.122 e. The van der Waals surface area contributed by atoms with E-state index < -0.39 is 5.67 Å². The summed E-state index contributed by atoms with van der Waals surface area (Å²) < 4.78 is 13.2. The van der Waals surface area contributed by atoms with E-state index in [0.29, 0.717) is 12.6 Å². The van der Waals surface area contributed by atoms with Crippen molar-refractivity contribution >= 4 is 0 Å². The fourth-order valence-corrected chi connectivity index (χ4v) is 1.78. The molecule has 0 amide bonds. The summed E-state index contributed by atoms with van der Waals surface area (Å²) in [7, 11) is 0. The maximum atomic E-state index is 13.2. The van der Waals surface area contributed by atoms with Crippen molar-refractivity contribution in [2.75, 3.05) is 6.54 Å². The fourth-order valence-electron chi connectivity index (χ4n) is 1.78. The number of nitrogens with one attached hydrogen (secondary N) is 1. The molecule has 0 aromatic carbocycles. The topological polar surface area (TPSA) is 12.0 Å². The highest BCUT2D eigenvalue weighted by Crippen LogP contribution is 2.39. The number of halogens is 1. The number of rotatable bonds is 1. The molecule has 1 saturated heterocycles. The van der Waals surface area contributed by atoms with Gasteiger partial charge in [-0.1, -0.05) is 0 Å². The van der Waals surface area contributed by atoms with Gasteiger partial charge in [0.2, 0.25) is 0 Å². The molecule has 10 heavy (non-hydrogen) atoms. The molecule has 2 fully saturated rings. The van der Waals surface area contributed by atoms with Crippen LogP contribution in [0, 0.1) is 5.92 Å². The molecule has 58 valence electrons. The lowest BCUT2D eigenvalue weighted by Crippen LogP contribution is -2.23. The summed E-state index contributed by atoms with van der Waals surface area (Å²) >= 11 is 0. The summed E-state index contributed by atoms with van der Waals surface area (Å²) in [5.41, 5.74) is -0.923. The minimum Gasteiger partial charge on any atom is -0.310 e. The van der Waals surface area contributed by atoms with Crippen LogP contribution in [0.2, 0.25) is 0 Å². The molecule has 2 rings (SSSR count). The van der Waals surface area contributed by atoms with Crippen LogP contribution in [0.25, 0.3) is 0 Å². The molecule has 2 unspecified atom stereocenters. The van der Waals surface area contributed by atoms with E-state index in [1.54, 1.807) is 6.92 Å². The van der Waals surface area contributed by atoms with Crippen LogP contribution in [0.4, 0.5) is 4.39 Å². The van der Waals surface area contributed by atoms with E-state index in [1.807, 2.05) is 0 Å². The third-order valence-electron chi connectivity index (χ3n) is 2.57. The number of alkyl halides is 1. The molecule has 0 spiro atoms. The Balaban J connectivity index is 1.92. The van der Waals surface area contributed by atoms with Crippen LogP contribution < -0.4 is 5.32 Å². The van der Waals surface area contributed by atoms with Gasteiger partial charge in [0.05, 0.1) is 0 Å². The first-order valence-electron chi connectivity index (χ1n) is 4.10. The van der Waals surface area contributed by atoms with Gasteiger partial charge < -0.3 is 5.32 Å². The molecular formula is C8H14FN. The molecule has 0 aromatic rings. The fraction of sp³-hybridized carbons (Fsp3) is 1.00. The molecule has 1 aliphatic carbocycles. The van der Waals surface area contributed by atoms with Crippen molar-refractivity contribution in [2.24, 2.45) is 5.92 Å². The average Bonchev–Trinajstić information content (AvgIpc) is 2.59. The van der Waals surface area contributed by atoms with Gasteiger partial charge in [-0.05, 0) is 32.1 Å². The van der Waals surface area contributed by atoms with E-state index in [4.69, 9.17) is 0 Å². The van der Waals surface area contributed by atoms with Gasteiger partial charge in [-0.15, -0.1) is 0 Å². The Morgan fingerprint density at radius 1 is 1.50 bits per heavy atom. The average molecular weight is 143 g/mol. The van der Waals surface area contributed by atoms with Crippen LogP contribution >= 0.6 is 0 Å². The van der Waals surface area contributed by atoms with Crippen molar-refractivity contribution in [3.63, 3.8) is 0 Å². The van der Waals surface area contributed by atoms with Gasteiger partial charge in [-0.3, -0.25) is 0 Å². The smallest absolute Gasteiger partial charge is 0.122 e. The molecule has 0 aromatic heterocycles. The molecule has 2 heteroatoms. The Bertz CT molecular complexity index is 140. The van der Waals surface area contributed by atoms with Crippen LogP contribution in [-0.4, -0.2) is 18.3 Å². The summed E-state index contributed by atoms with van der Waals surface area (Å²) in [5.74, 6) is 0.803. The number of hydrogen-bond acceptors (Lipinski definition) is 1. The molecule has 1 nitrogen and oxygen atoms in total. The molecule has 0 bridgehead atoms. The van der Waals surface area contributed by atoms with Crippen molar-refractivity contribution < 1.29 is 4.39 Å². The monoisotopic (exact) mass is 143 g/mol. The highest BCUT2D eigenvalue weighted by atomic mass is 19.1. The summed E-state index contributed by atoms with van der Waals surface area (Å²) in [6.07, 6.45) is 3.36. The van der Waals surface area contributed by atoms with E-state index in [0.717, 1.165) is 12.3 Å². The van der Waals surface area contributed by atoms with E-state index in [2.05, 4.69) is 5.32 Å². The zero-order valence-corrected chi connectivity index (χ0v) is 6.36. The van der Waals surface area contributed by atoms with Gasteiger partial charge in [0.25, 0.3) is 0 Å². The summed E-state index contributed by atoms with van der Waals surface area (Å²) in [6.45, 7) is 2.26. The minimum atomic E-state index is -0.923. The lowest BCUT2D eigenvalue weighted by atomic mass is 10.0. The van der Waals surface area contributed by atoms with E-state index in [-0.39, 0.29) is 0 Å². The molecule has 2 atom stereocenters. The molecule has 1 heterocycles. The summed E-state index contributed by atoms with van der Waals surface area (Å²) in [4.78, 5) is 0. The Morgan fingerprint density at radius 3 is 2.60 bits per heavy atom. The first kappa shape index (κ1) is 6.59. The first-order valence-corrected chi connectivity index (χ1v) is 4.10. The second-order valence-corrected chi connectivity index (χ2v) is 3.94. The van der Waals surface area contributed by atoms with Gasteiger partial charge in [0.1, 0.15) is 5.67 Å². The first-order chi connectivity index (χ1) is 4.67. The van der Waals surface area contributed by atoms with Crippen LogP contribution in [0.3, 0.4) is 0 Å². The molecular weight excluding hydrogens is 129 g/mol. The molecule has 2 aliphatic rings. The largest absolute Gasteiger partial charge is 0.310 e. The predicted molar refractivity (Wildman–Crippen MR) is 38.6 cm³/mol. The van der Waals surface area contributed by atoms with Gasteiger partial charge in [0.15, 0.2) is 0 Å². The van der Waals surface area contributed by atoms with Crippen molar-refractivity contribution in [1.29, 1.82) is 0 Å². The van der Waals surface area contributed by atoms with Crippen LogP contribution in [0.1, 0.15) is 26.2 Å². The van der Waals surface area contributed by atoms with Gasteiger partial charge in [-0.25, -0.2) is 4.39 Å². The van der Waals surface area contributed by atoms with E-state index >= 15 is 0 Å². The Morgan fingerprint density at radius 2 is 2.20 bits per heavy atom. The Kier molecular flexibility index (Phi) is 1.28. The number of hydrogen-bond donors (Lipinski definition) is 1. The highest BCUT2D eigenvalue weighted by molar-refractivity contribution is 4.98. The Hall–Kier alpha value is -0.110. The van der Waals surface area contributed by atoms with Crippen molar-refractivity contribution in [1.82, 2.24) is 5.32 Å². The maximum absolute atomic E-state index is 13.2. The zero-order chi connectivity index (χ0) is 7.19. The van der Waals surface area contributed by atoms with Crippen LogP contribution in [0.15, 0.2) is 0 Å². The Labute approximate surface area is 61.0 Å². The van der Waals surface area contributed by atoms with Crippen LogP contribution in [0.5, 0.6) is 0 Å². The molecule has 1 aliphatic heterocycles. The van der Waals surface area contributed by atoms with Crippen molar-refractivity contribution in [2.45, 2.75) is 37.9 Å². The molecule has 1 N–H and O–H groups in total. The lowest BCUT2D eigenvalue weighted by molar-refractivity contribution is 0.212. The van der Waals surface area contributed by atoms with Gasteiger partial charge in [0, 0.05) is 12.6 Å².